The van der Waals surface area contributed by atoms with Crippen LogP contribution in [-0.4, -0.2) is 15.0 Å². The summed E-state index contributed by atoms with van der Waals surface area (Å²) in [6.07, 6.45) is 6.70. The molecule has 4 aromatic rings. The van der Waals surface area contributed by atoms with Gasteiger partial charge in [-0.3, -0.25) is 0 Å². The molecule has 3 nitrogen and oxygen atoms in total. The smallest absolute Gasteiger partial charge is 0.208 e. The van der Waals surface area contributed by atoms with E-state index in [-0.39, 0.29) is 5.28 Å². The van der Waals surface area contributed by atoms with E-state index in [1.807, 2.05) is 42.5 Å². The van der Waals surface area contributed by atoms with Gasteiger partial charge in [0.25, 0.3) is 0 Å². The molecule has 0 N–H and O–H groups in total. The van der Waals surface area contributed by atoms with Gasteiger partial charge in [-0.25, -0.2) is 4.98 Å². The average molecular weight is 396 g/mol. The van der Waals surface area contributed by atoms with Gasteiger partial charge >= 0.3 is 0 Å². The number of aromatic nitrogens is 3. The lowest BCUT2D eigenvalue weighted by Gasteiger charge is -2.15. The Bertz CT molecular complexity index is 1200. The molecular weight excluding hydrogens is 378 g/mol. The van der Waals surface area contributed by atoms with Crippen molar-refractivity contribution in [2.45, 2.75) is 12.8 Å². The van der Waals surface area contributed by atoms with Gasteiger partial charge in [-0.1, -0.05) is 84.9 Å². The van der Waals surface area contributed by atoms with Crippen LogP contribution >= 0.6 is 11.6 Å². The summed E-state index contributed by atoms with van der Waals surface area (Å²) in [6.45, 7) is 0. The summed E-state index contributed by atoms with van der Waals surface area (Å²) in [5, 5.41) is 0.195. The molecule has 0 unspecified atom stereocenters. The van der Waals surface area contributed by atoms with Crippen molar-refractivity contribution in [2.75, 3.05) is 0 Å². The lowest BCUT2D eigenvalue weighted by molar-refractivity contribution is 0.986. The normalized spacial score (nSPS) is 12.6. The molecule has 0 fully saturated rings. The number of benzene rings is 3. The number of hydrogen-bond donors (Lipinski definition) is 0. The Morgan fingerprint density at radius 3 is 2.10 bits per heavy atom. The van der Waals surface area contributed by atoms with E-state index in [9.17, 15) is 0 Å². The quantitative estimate of drug-likeness (QED) is 0.398. The number of hydrogen-bond acceptors (Lipinski definition) is 3. The highest BCUT2D eigenvalue weighted by atomic mass is 35.5. The van der Waals surface area contributed by atoms with E-state index in [0.29, 0.717) is 11.6 Å². The maximum atomic E-state index is 6.19. The van der Waals surface area contributed by atoms with Crippen molar-refractivity contribution in [1.82, 2.24) is 15.0 Å². The topological polar surface area (TPSA) is 38.7 Å². The van der Waals surface area contributed by atoms with Gasteiger partial charge in [-0.2, -0.15) is 9.97 Å². The van der Waals surface area contributed by atoms with Crippen LogP contribution in [0.4, 0.5) is 0 Å². The number of fused-ring (bicyclic) bond motifs is 1. The third-order valence-corrected chi connectivity index (χ3v) is 5.32. The molecule has 29 heavy (non-hydrogen) atoms. The Hall–Kier alpha value is -3.30. The molecule has 1 heterocycles. The monoisotopic (exact) mass is 395 g/mol. The van der Waals surface area contributed by atoms with Crippen molar-refractivity contribution in [3.8, 4) is 33.9 Å². The minimum absolute atomic E-state index is 0.195. The second-order valence-electron chi connectivity index (χ2n) is 7.01. The van der Waals surface area contributed by atoms with E-state index in [1.54, 1.807) is 0 Å². The summed E-state index contributed by atoms with van der Waals surface area (Å²) < 4.78 is 0. The number of nitrogens with zero attached hydrogens (tertiary/aromatic N) is 3. The lowest BCUT2D eigenvalue weighted by Crippen LogP contribution is -1.98. The van der Waals surface area contributed by atoms with Gasteiger partial charge in [-0.15, -0.1) is 0 Å². The molecule has 0 atom stereocenters. The highest BCUT2D eigenvalue weighted by Gasteiger charge is 2.12. The summed E-state index contributed by atoms with van der Waals surface area (Å²) in [7, 11) is 0. The second kappa shape index (κ2) is 7.61. The van der Waals surface area contributed by atoms with Crippen LogP contribution in [0.5, 0.6) is 0 Å². The summed E-state index contributed by atoms with van der Waals surface area (Å²) in [6, 6.07) is 24.7. The molecule has 5 rings (SSSR count). The largest absolute Gasteiger partial charge is 0.226 e. The van der Waals surface area contributed by atoms with Gasteiger partial charge in [0, 0.05) is 11.1 Å². The zero-order chi connectivity index (χ0) is 19.6. The molecule has 3 aromatic carbocycles. The molecule has 140 valence electrons. The van der Waals surface area contributed by atoms with Gasteiger partial charge < -0.3 is 0 Å². The highest BCUT2D eigenvalue weighted by Crippen LogP contribution is 2.32. The van der Waals surface area contributed by atoms with E-state index in [4.69, 9.17) is 11.6 Å². The molecule has 1 aromatic heterocycles. The number of allylic oxidation sites excluding steroid dienone is 1. The first-order valence-corrected chi connectivity index (χ1v) is 10.0. The predicted molar refractivity (Wildman–Crippen MR) is 119 cm³/mol. The Labute approximate surface area is 174 Å². The highest BCUT2D eigenvalue weighted by molar-refractivity contribution is 6.28. The van der Waals surface area contributed by atoms with Crippen molar-refractivity contribution in [2.24, 2.45) is 0 Å². The van der Waals surface area contributed by atoms with Crippen LogP contribution in [0.15, 0.2) is 78.9 Å². The van der Waals surface area contributed by atoms with Crippen LogP contribution in [0.2, 0.25) is 5.28 Å². The van der Waals surface area contributed by atoms with Crippen LogP contribution in [0.1, 0.15) is 17.5 Å². The van der Waals surface area contributed by atoms with E-state index in [0.717, 1.165) is 24.0 Å². The van der Waals surface area contributed by atoms with Crippen molar-refractivity contribution in [3.63, 3.8) is 0 Å². The molecule has 0 saturated carbocycles. The molecular formula is C25H18ClN3. The number of aryl methyl sites for hydroxylation is 1. The standard InChI is InChI=1S/C25H18ClN3/c26-25-28-23(19-8-2-1-3-9-19)27-24(29-25)20-15-13-18(14-16-20)22-12-6-10-17-7-4-5-11-21(17)22/h1-3,5-6,8-16H,4,7H2. The lowest BCUT2D eigenvalue weighted by atomic mass is 9.90. The van der Waals surface area contributed by atoms with E-state index >= 15 is 0 Å². The molecule has 0 radical (unpaired) electrons. The zero-order valence-corrected chi connectivity index (χ0v) is 16.5. The second-order valence-corrected chi connectivity index (χ2v) is 7.35. The fourth-order valence-corrected chi connectivity index (χ4v) is 3.87. The summed E-state index contributed by atoms with van der Waals surface area (Å²) in [5.74, 6) is 1.15. The van der Waals surface area contributed by atoms with E-state index in [2.05, 4.69) is 57.4 Å². The molecule has 0 spiro atoms. The summed E-state index contributed by atoms with van der Waals surface area (Å²) >= 11 is 6.19. The van der Waals surface area contributed by atoms with Crippen molar-refractivity contribution >= 4 is 17.7 Å². The fourth-order valence-electron chi connectivity index (χ4n) is 3.71. The molecule has 1 aliphatic rings. The number of rotatable bonds is 3. The van der Waals surface area contributed by atoms with Crippen molar-refractivity contribution in [1.29, 1.82) is 0 Å². The fraction of sp³-hybridized carbons (Fsp3) is 0.0800. The van der Waals surface area contributed by atoms with E-state index in [1.165, 1.54) is 22.3 Å². The summed E-state index contributed by atoms with van der Waals surface area (Å²) in [4.78, 5) is 13.2. The first kappa shape index (κ1) is 17.8. The Morgan fingerprint density at radius 1 is 0.655 bits per heavy atom. The van der Waals surface area contributed by atoms with Crippen molar-refractivity contribution in [3.05, 3.63) is 95.3 Å². The van der Waals surface area contributed by atoms with Crippen LogP contribution in [0.25, 0.3) is 40.0 Å². The minimum atomic E-state index is 0.195. The first-order valence-electron chi connectivity index (χ1n) is 9.64. The summed E-state index contributed by atoms with van der Waals surface area (Å²) in [5.41, 5.74) is 6.99. The van der Waals surface area contributed by atoms with Gasteiger partial charge in [0.15, 0.2) is 11.6 Å². The molecule has 0 aliphatic heterocycles. The third-order valence-electron chi connectivity index (χ3n) is 5.16. The van der Waals surface area contributed by atoms with Gasteiger partial charge in [0.1, 0.15) is 0 Å². The molecule has 0 amide bonds. The Morgan fingerprint density at radius 2 is 1.34 bits per heavy atom. The van der Waals surface area contributed by atoms with Crippen LogP contribution in [-0.2, 0) is 6.42 Å². The molecule has 0 bridgehead atoms. The SMILES string of the molecule is Clc1nc(-c2ccccc2)nc(-c2ccc(-c3cccc4c3C=CCC4)cc2)n1. The maximum absolute atomic E-state index is 6.19. The van der Waals surface area contributed by atoms with Gasteiger partial charge in [0.2, 0.25) is 5.28 Å². The van der Waals surface area contributed by atoms with Crippen LogP contribution < -0.4 is 0 Å². The van der Waals surface area contributed by atoms with E-state index < -0.39 is 0 Å². The third kappa shape index (κ3) is 3.57. The van der Waals surface area contributed by atoms with Crippen LogP contribution in [0.3, 0.4) is 0 Å². The Balaban J connectivity index is 1.52. The Kier molecular flexibility index (Phi) is 4.66. The molecule has 4 heteroatoms. The molecule has 1 aliphatic carbocycles. The minimum Gasteiger partial charge on any atom is -0.208 e. The molecule has 0 saturated heterocycles. The first-order chi connectivity index (χ1) is 14.3. The average Bonchev–Trinajstić information content (AvgIpc) is 2.79. The maximum Gasteiger partial charge on any atom is 0.226 e. The van der Waals surface area contributed by atoms with Crippen LogP contribution in [0, 0.1) is 0 Å². The number of halogens is 1. The predicted octanol–water partition coefficient (Wildman–Crippen LogP) is 6.49. The zero-order valence-electron chi connectivity index (χ0n) is 15.7. The van der Waals surface area contributed by atoms with Gasteiger partial charge in [0.05, 0.1) is 0 Å². The van der Waals surface area contributed by atoms with Gasteiger partial charge in [-0.05, 0) is 46.7 Å². The van der Waals surface area contributed by atoms with Crippen molar-refractivity contribution < 1.29 is 0 Å².